The number of benzene rings is 1. The van der Waals surface area contributed by atoms with Crippen LogP contribution in [-0.2, 0) is 0 Å². The summed E-state index contributed by atoms with van der Waals surface area (Å²) in [6.07, 6.45) is 9.06. The van der Waals surface area contributed by atoms with Gasteiger partial charge in [0.05, 0.1) is 0 Å². The molecule has 2 nitrogen and oxygen atoms in total. The van der Waals surface area contributed by atoms with Crippen LogP contribution in [0.5, 0.6) is 0 Å². The molecule has 1 unspecified atom stereocenters. The minimum Gasteiger partial charge on any atom is -0.361 e. The first kappa shape index (κ1) is 13.7. The zero-order chi connectivity index (χ0) is 14.1. The molecule has 1 aromatic heterocycles. The van der Waals surface area contributed by atoms with Crippen molar-refractivity contribution >= 4 is 10.9 Å². The number of nitrogens with two attached hydrogens (primary N) is 1. The van der Waals surface area contributed by atoms with Gasteiger partial charge in [0.1, 0.15) is 0 Å². The third kappa shape index (κ3) is 2.37. The molecule has 108 valence electrons. The van der Waals surface area contributed by atoms with Crippen LogP contribution in [0.4, 0.5) is 0 Å². The maximum absolute atomic E-state index is 6.15. The maximum atomic E-state index is 6.15. The molecule has 1 aromatic carbocycles. The molecule has 1 heterocycles. The first-order valence-corrected chi connectivity index (χ1v) is 7.99. The van der Waals surface area contributed by atoms with Gasteiger partial charge in [0.2, 0.25) is 0 Å². The van der Waals surface area contributed by atoms with Crippen LogP contribution in [0.1, 0.15) is 54.7 Å². The van der Waals surface area contributed by atoms with E-state index in [1.807, 2.05) is 0 Å². The van der Waals surface area contributed by atoms with Crippen molar-refractivity contribution in [1.82, 2.24) is 4.98 Å². The molecule has 0 saturated heterocycles. The summed E-state index contributed by atoms with van der Waals surface area (Å²) in [4.78, 5) is 3.48. The lowest BCUT2D eigenvalue weighted by molar-refractivity contribution is 0.308. The number of aromatic nitrogens is 1. The Morgan fingerprint density at radius 3 is 2.65 bits per heavy atom. The van der Waals surface area contributed by atoms with Crippen molar-refractivity contribution < 1.29 is 0 Å². The molecule has 2 aromatic rings. The van der Waals surface area contributed by atoms with Crippen molar-refractivity contribution in [2.75, 3.05) is 6.54 Å². The van der Waals surface area contributed by atoms with Gasteiger partial charge in [-0.25, -0.2) is 0 Å². The topological polar surface area (TPSA) is 41.8 Å². The van der Waals surface area contributed by atoms with E-state index in [2.05, 4.69) is 37.2 Å². The first-order valence-electron chi connectivity index (χ1n) is 7.99. The minimum atomic E-state index is 0.519. The van der Waals surface area contributed by atoms with Gasteiger partial charge in [-0.15, -0.1) is 0 Å². The molecule has 0 spiro atoms. The van der Waals surface area contributed by atoms with E-state index in [9.17, 15) is 0 Å². The molecule has 2 heteroatoms. The standard InChI is InChI=1S/C18H26N2/c1-12-8-13(2)18-15(9-12)17(11-20-18)16(10-19)14-6-4-3-5-7-14/h8-9,11,14,16,20H,3-7,10,19H2,1-2H3. The van der Waals surface area contributed by atoms with Crippen molar-refractivity contribution in [3.05, 3.63) is 35.0 Å². The Kier molecular flexibility index (Phi) is 3.84. The van der Waals surface area contributed by atoms with E-state index in [0.717, 1.165) is 12.5 Å². The number of hydrogen-bond donors (Lipinski definition) is 2. The Balaban J connectivity index is 2.03. The normalized spacial score (nSPS) is 18.6. The van der Waals surface area contributed by atoms with Gasteiger partial charge in [-0.1, -0.05) is 30.9 Å². The monoisotopic (exact) mass is 270 g/mol. The Morgan fingerprint density at radius 2 is 1.95 bits per heavy atom. The van der Waals surface area contributed by atoms with Crippen LogP contribution >= 0.6 is 0 Å². The molecule has 0 radical (unpaired) electrons. The number of fused-ring (bicyclic) bond motifs is 1. The molecule has 0 amide bonds. The molecule has 0 bridgehead atoms. The number of aryl methyl sites for hydroxylation is 2. The predicted octanol–water partition coefficient (Wildman–Crippen LogP) is 4.41. The maximum Gasteiger partial charge on any atom is 0.0486 e. The molecule has 1 atom stereocenters. The molecule has 1 aliphatic carbocycles. The number of aromatic amines is 1. The fraction of sp³-hybridized carbons (Fsp3) is 0.556. The van der Waals surface area contributed by atoms with Gasteiger partial charge in [-0.2, -0.15) is 0 Å². The zero-order valence-electron chi connectivity index (χ0n) is 12.7. The van der Waals surface area contributed by atoms with Gasteiger partial charge in [0.15, 0.2) is 0 Å². The van der Waals surface area contributed by atoms with E-state index in [4.69, 9.17) is 5.73 Å². The second-order valence-electron chi connectivity index (χ2n) is 6.49. The van der Waals surface area contributed by atoms with E-state index >= 15 is 0 Å². The highest BCUT2D eigenvalue weighted by atomic mass is 14.7. The van der Waals surface area contributed by atoms with Crippen LogP contribution < -0.4 is 5.73 Å². The quantitative estimate of drug-likeness (QED) is 0.852. The van der Waals surface area contributed by atoms with E-state index in [-0.39, 0.29) is 0 Å². The van der Waals surface area contributed by atoms with E-state index in [0.29, 0.717) is 5.92 Å². The number of rotatable bonds is 3. The lowest BCUT2D eigenvalue weighted by Crippen LogP contribution is -2.23. The SMILES string of the molecule is Cc1cc(C)c2[nH]cc(C(CN)C3CCCCC3)c2c1. The van der Waals surface area contributed by atoms with Crippen molar-refractivity contribution in [3.63, 3.8) is 0 Å². The van der Waals surface area contributed by atoms with Gasteiger partial charge in [-0.3, -0.25) is 0 Å². The summed E-state index contributed by atoms with van der Waals surface area (Å²) in [5.74, 6) is 1.29. The number of nitrogens with one attached hydrogen (secondary N) is 1. The fourth-order valence-corrected chi connectivity index (χ4v) is 4.03. The second kappa shape index (κ2) is 5.61. The summed E-state index contributed by atoms with van der Waals surface area (Å²) in [5.41, 5.74) is 11.6. The minimum absolute atomic E-state index is 0.519. The first-order chi connectivity index (χ1) is 9.70. The molecule has 20 heavy (non-hydrogen) atoms. The third-order valence-corrected chi connectivity index (χ3v) is 5.04. The van der Waals surface area contributed by atoms with Crippen molar-refractivity contribution in [2.45, 2.75) is 51.9 Å². The summed E-state index contributed by atoms with van der Waals surface area (Å²) >= 11 is 0. The average molecular weight is 270 g/mol. The summed E-state index contributed by atoms with van der Waals surface area (Å²) in [6.45, 7) is 5.14. The molecular weight excluding hydrogens is 244 g/mol. The van der Waals surface area contributed by atoms with Crippen LogP contribution in [0.3, 0.4) is 0 Å². The number of H-pyrrole nitrogens is 1. The van der Waals surface area contributed by atoms with Gasteiger partial charge in [0, 0.05) is 23.0 Å². The molecule has 1 saturated carbocycles. The van der Waals surface area contributed by atoms with Crippen molar-refractivity contribution in [1.29, 1.82) is 0 Å². The summed E-state index contributed by atoms with van der Waals surface area (Å²) in [6, 6.07) is 4.57. The Morgan fingerprint density at radius 1 is 1.20 bits per heavy atom. The highest BCUT2D eigenvalue weighted by Crippen LogP contribution is 2.38. The van der Waals surface area contributed by atoms with E-state index < -0.39 is 0 Å². The molecule has 3 N–H and O–H groups in total. The van der Waals surface area contributed by atoms with E-state index in [1.54, 1.807) is 0 Å². The van der Waals surface area contributed by atoms with Gasteiger partial charge < -0.3 is 10.7 Å². The molecular formula is C18H26N2. The smallest absolute Gasteiger partial charge is 0.0486 e. The molecule has 3 rings (SSSR count). The summed E-state index contributed by atoms with van der Waals surface area (Å²) in [5, 5.41) is 1.39. The lowest BCUT2D eigenvalue weighted by Gasteiger charge is -2.29. The lowest BCUT2D eigenvalue weighted by atomic mass is 9.76. The fourth-order valence-electron chi connectivity index (χ4n) is 4.03. The van der Waals surface area contributed by atoms with Gasteiger partial charge in [-0.05, 0) is 56.3 Å². The average Bonchev–Trinajstić information content (AvgIpc) is 2.85. The summed E-state index contributed by atoms with van der Waals surface area (Å²) in [7, 11) is 0. The zero-order valence-corrected chi connectivity index (χ0v) is 12.7. The highest BCUT2D eigenvalue weighted by molar-refractivity contribution is 5.87. The van der Waals surface area contributed by atoms with Crippen LogP contribution in [0, 0.1) is 19.8 Å². The van der Waals surface area contributed by atoms with Crippen LogP contribution in [0.2, 0.25) is 0 Å². The molecule has 1 fully saturated rings. The molecule has 1 aliphatic rings. The summed E-state index contributed by atoms with van der Waals surface area (Å²) < 4.78 is 0. The van der Waals surface area contributed by atoms with Crippen molar-refractivity contribution in [2.24, 2.45) is 11.7 Å². The van der Waals surface area contributed by atoms with Gasteiger partial charge >= 0.3 is 0 Å². The third-order valence-electron chi connectivity index (χ3n) is 5.04. The number of hydrogen-bond acceptors (Lipinski definition) is 1. The Labute approximate surface area is 121 Å². The molecule has 0 aliphatic heterocycles. The van der Waals surface area contributed by atoms with Crippen LogP contribution in [-0.4, -0.2) is 11.5 Å². The van der Waals surface area contributed by atoms with Gasteiger partial charge in [0.25, 0.3) is 0 Å². The van der Waals surface area contributed by atoms with E-state index in [1.165, 1.54) is 59.7 Å². The largest absolute Gasteiger partial charge is 0.361 e. The Bertz CT molecular complexity index is 591. The van der Waals surface area contributed by atoms with Crippen molar-refractivity contribution in [3.8, 4) is 0 Å². The highest BCUT2D eigenvalue weighted by Gasteiger charge is 2.26. The predicted molar refractivity (Wildman–Crippen MR) is 86.1 cm³/mol. The van der Waals surface area contributed by atoms with Crippen LogP contribution in [0.15, 0.2) is 18.3 Å². The Hall–Kier alpha value is -1.28. The van der Waals surface area contributed by atoms with Crippen LogP contribution in [0.25, 0.3) is 10.9 Å². The second-order valence-corrected chi connectivity index (χ2v) is 6.49.